The van der Waals surface area contributed by atoms with Crippen LogP contribution in [0.2, 0.25) is 0 Å². The molecule has 6 nitrogen and oxygen atoms in total. The van der Waals surface area contributed by atoms with Gasteiger partial charge in [0, 0.05) is 23.5 Å². The van der Waals surface area contributed by atoms with Crippen molar-refractivity contribution in [3.8, 4) is 5.69 Å². The molecule has 0 radical (unpaired) electrons. The number of carbonyl (C=O) groups is 1. The van der Waals surface area contributed by atoms with Crippen molar-refractivity contribution in [1.82, 2.24) is 20.1 Å². The molecule has 0 saturated heterocycles. The number of hydrogen-bond acceptors (Lipinski definition) is 4. The molecule has 0 aliphatic heterocycles. The van der Waals surface area contributed by atoms with Gasteiger partial charge in [-0.15, -0.1) is 10.2 Å². The van der Waals surface area contributed by atoms with E-state index in [-0.39, 0.29) is 6.03 Å². The summed E-state index contributed by atoms with van der Waals surface area (Å²) in [5.41, 5.74) is 7.48. The minimum atomic E-state index is -0.422. The van der Waals surface area contributed by atoms with Crippen LogP contribution in [0.5, 0.6) is 0 Å². The van der Waals surface area contributed by atoms with Crippen LogP contribution in [-0.2, 0) is 12.2 Å². The average molecular weight is 548 g/mol. The molecular weight excluding hydrogens is 514 g/mol. The first-order valence-electron chi connectivity index (χ1n) is 13.3. The molecule has 1 heterocycles. The summed E-state index contributed by atoms with van der Waals surface area (Å²) >= 11 is 1.63. The van der Waals surface area contributed by atoms with Gasteiger partial charge in [-0.05, 0) is 67.3 Å². The highest BCUT2D eigenvalue weighted by Gasteiger charge is 2.25. The summed E-state index contributed by atoms with van der Waals surface area (Å²) in [5.74, 6) is 1.44. The standard InChI is InChI=1S/C33H33N5OS/c1-23-14-18-29(19-15-23)38-31(36-37-33(38)40-22-27-12-8-5-9-13-27)30(21-26-10-6-4-7-11-26)35-32(39)34-28-17-16-24(2)25(3)20-28/h4-20,30H,21-22H2,1-3H3,(H2,34,35,39). The van der Waals surface area contributed by atoms with Crippen LogP contribution in [0, 0.1) is 20.8 Å². The number of anilines is 1. The van der Waals surface area contributed by atoms with Gasteiger partial charge >= 0.3 is 6.03 Å². The number of aromatic nitrogens is 3. The monoisotopic (exact) mass is 547 g/mol. The van der Waals surface area contributed by atoms with E-state index in [1.165, 1.54) is 16.7 Å². The minimum absolute atomic E-state index is 0.291. The van der Waals surface area contributed by atoms with E-state index in [1.807, 2.05) is 61.5 Å². The van der Waals surface area contributed by atoms with Gasteiger partial charge in [0.1, 0.15) is 0 Å². The molecule has 0 aliphatic carbocycles. The molecule has 202 valence electrons. The van der Waals surface area contributed by atoms with Gasteiger partial charge in [-0.1, -0.05) is 96.2 Å². The predicted molar refractivity (Wildman–Crippen MR) is 163 cm³/mol. The number of amides is 2. The van der Waals surface area contributed by atoms with Gasteiger partial charge in [0.25, 0.3) is 0 Å². The maximum Gasteiger partial charge on any atom is 0.319 e. The third-order valence-electron chi connectivity index (χ3n) is 6.83. The fraction of sp³-hybridized carbons (Fsp3) is 0.182. The third kappa shape index (κ3) is 6.79. The van der Waals surface area contributed by atoms with Crippen molar-refractivity contribution in [1.29, 1.82) is 0 Å². The third-order valence-corrected chi connectivity index (χ3v) is 7.83. The minimum Gasteiger partial charge on any atom is -0.327 e. The number of hydrogen-bond donors (Lipinski definition) is 2. The first kappa shape index (κ1) is 27.2. The smallest absolute Gasteiger partial charge is 0.319 e. The molecule has 40 heavy (non-hydrogen) atoms. The normalized spacial score (nSPS) is 11.7. The lowest BCUT2D eigenvalue weighted by Crippen LogP contribution is -2.35. The second kappa shape index (κ2) is 12.7. The molecular formula is C33H33N5OS. The molecule has 1 atom stereocenters. The van der Waals surface area contributed by atoms with Gasteiger partial charge in [-0.2, -0.15) is 0 Å². The highest BCUT2D eigenvalue weighted by atomic mass is 32.2. The van der Waals surface area contributed by atoms with E-state index in [0.717, 1.165) is 33.4 Å². The largest absolute Gasteiger partial charge is 0.327 e. The Bertz CT molecular complexity index is 1570. The summed E-state index contributed by atoms with van der Waals surface area (Å²) in [6.07, 6.45) is 0.564. The molecule has 2 amide bonds. The van der Waals surface area contributed by atoms with E-state index in [0.29, 0.717) is 12.2 Å². The number of rotatable bonds is 9. The van der Waals surface area contributed by atoms with E-state index in [4.69, 9.17) is 0 Å². The fourth-order valence-corrected chi connectivity index (χ4v) is 5.38. The van der Waals surface area contributed by atoms with E-state index >= 15 is 0 Å². The van der Waals surface area contributed by atoms with E-state index in [2.05, 4.69) is 87.8 Å². The quantitative estimate of drug-likeness (QED) is 0.187. The van der Waals surface area contributed by atoms with E-state index in [1.54, 1.807) is 11.8 Å². The number of urea groups is 1. The summed E-state index contributed by atoms with van der Waals surface area (Å²) in [4.78, 5) is 13.3. The second-order valence-electron chi connectivity index (χ2n) is 9.93. The van der Waals surface area contributed by atoms with Crippen molar-refractivity contribution in [2.45, 2.75) is 44.1 Å². The first-order chi connectivity index (χ1) is 19.5. The van der Waals surface area contributed by atoms with Crippen LogP contribution < -0.4 is 10.6 Å². The maximum atomic E-state index is 13.3. The molecule has 1 aromatic heterocycles. The van der Waals surface area contributed by atoms with Crippen molar-refractivity contribution in [3.63, 3.8) is 0 Å². The first-order valence-corrected chi connectivity index (χ1v) is 14.3. The molecule has 0 bridgehead atoms. The fourth-order valence-electron chi connectivity index (χ4n) is 4.46. The number of benzene rings is 4. The Kier molecular flexibility index (Phi) is 8.62. The van der Waals surface area contributed by atoms with Crippen molar-refractivity contribution in [2.24, 2.45) is 0 Å². The lowest BCUT2D eigenvalue weighted by atomic mass is 10.1. The van der Waals surface area contributed by atoms with Crippen LogP contribution in [-0.4, -0.2) is 20.8 Å². The van der Waals surface area contributed by atoms with Crippen LogP contribution in [0.25, 0.3) is 5.69 Å². The van der Waals surface area contributed by atoms with Gasteiger partial charge in [0.2, 0.25) is 0 Å². The van der Waals surface area contributed by atoms with Gasteiger partial charge < -0.3 is 10.6 Å². The Morgan fingerprint density at radius 2 is 1.48 bits per heavy atom. The molecule has 0 spiro atoms. The van der Waals surface area contributed by atoms with E-state index in [9.17, 15) is 4.79 Å². The number of nitrogens with zero attached hydrogens (tertiary/aromatic N) is 3. The number of thioether (sulfide) groups is 1. The van der Waals surface area contributed by atoms with Crippen molar-refractivity contribution < 1.29 is 4.79 Å². The highest BCUT2D eigenvalue weighted by molar-refractivity contribution is 7.98. The molecule has 1 unspecified atom stereocenters. The average Bonchev–Trinajstić information content (AvgIpc) is 3.39. The topological polar surface area (TPSA) is 71.8 Å². The van der Waals surface area contributed by atoms with E-state index < -0.39 is 6.04 Å². The Morgan fingerprint density at radius 3 is 2.15 bits per heavy atom. The maximum absolute atomic E-state index is 13.3. The molecule has 5 rings (SSSR count). The zero-order valence-electron chi connectivity index (χ0n) is 23.0. The predicted octanol–water partition coefficient (Wildman–Crippen LogP) is 7.59. The summed E-state index contributed by atoms with van der Waals surface area (Å²) in [6, 6.07) is 34.0. The summed E-state index contributed by atoms with van der Waals surface area (Å²) in [6.45, 7) is 6.16. The Morgan fingerprint density at radius 1 is 0.800 bits per heavy atom. The zero-order valence-corrected chi connectivity index (χ0v) is 23.8. The Balaban J connectivity index is 1.49. The molecule has 0 fully saturated rings. The van der Waals surface area contributed by atoms with Gasteiger partial charge in [-0.25, -0.2) is 4.79 Å². The number of nitrogens with one attached hydrogen (secondary N) is 2. The SMILES string of the molecule is Cc1ccc(-n2c(SCc3ccccc3)nnc2C(Cc2ccccc2)NC(=O)Nc2ccc(C)c(C)c2)cc1. The molecule has 7 heteroatoms. The molecule has 4 aromatic carbocycles. The van der Waals surface area contributed by atoms with Crippen LogP contribution in [0.1, 0.15) is 39.7 Å². The van der Waals surface area contributed by atoms with Crippen LogP contribution >= 0.6 is 11.8 Å². The molecule has 0 saturated carbocycles. The van der Waals surface area contributed by atoms with Gasteiger partial charge in [0.15, 0.2) is 11.0 Å². The van der Waals surface area contributed by atoms with Gasteiger partial charge in [-0.3, -0.25) is 4.57 Å². The van der Waals surface area contributed by atoms with Crippen molar-refractivity contribution in [3.05, 3.63) is 137 Å². The summed E-state index contributed by atoms with van der Waals surface area (Å²) in [7, 11) is 0. The molecule has 2 N–H and O–H groups in total. The Hall–Kier alpha value is -4.36. The van der Waals surface area contributed by atoms with Crippen LogP contribution in [0.4, 0.5) is 10.5 Å². The number of carbonyl (C=O) groups excluding carboxylic acids is 1. The van der Waals surface area contributed by atoms with Crippen molar-refractivity contribution in [2.75, 3.05) is 5.32 Å². The lowest BCUT2D eigenvalue weighted by molar-refractivity contribution is 0.247. The Labute approximate surface area is 239 Å². The van der Waals surface area contributed by atoms with Crippen LogP contribution in [0.3, 0.4) is 0 Å². The van der Waals surface area contributed by atoms with Crippen LogP contribution in [0.15, 0.2) is 108 Å². The summed E-state index contributed by atoms with van der Waals surface area (Å²) < 4.78 is 2.07. The summed E-state index contributed by atoms with van der Waals surface area (Å²) in [5, 5.41) is 16.2. The lowest BCUT2D eigenvalue weighted by Gasteiger charge is -2.21. The van der Waals surface area contributed by atoms with Gasteiger partial charge in [0.05, 0.1) is 6.04 Å². The molecule has 0 aliphatic rings. The van der Waals surface area contributed by atoms with Crippen molar-refractivity contribution >= 4 is 23.5 Å². The highest BCUT2D eigenvalue weighted by Crippen LogP contribution is 2.29. The second-order valence-corrected chi connectivity index (χ2v) is 10.9. The zero-order chi connectivity index (χ0) is 27.9. The number of aryl methyl sites for hydroxylation is 3. The molecule has 5 aromatic rings.